The Morgan fingerprint density at radius 3 is 2.42 bits per heavy atom. The third kappa shape index (κ3) is 5.26. The van der Waals surface area contributed by atoms with Gasteiger partial charge < -0.3 is 14.4 Å². The number of nitriles is 2. The second kappa shape index (κ2) is 9.54. The molecule has 2 rings (SSSR count). The molecule has 1 aromatic rings. The Morgan fingerprint density at radius 2 is 1.88 bits per heavy atom. The molecular formula is C18H21N3O3. The van der Waals surface area contributed by atoms with E-state index in [-0.39, 0.29) is 24.9 Å². The van der Waals surface area contributed by atoms with E-state index in [9.17, 15) is 4.79 Å². The molecule has 1 saturated heterocycles. The molecule has 126 valence electrons. The van der Waals surface area contributed by atoms with Gasteiger partial charge in [-0.05, 0) is 37.1 Å². The van der Waals surface area contributed by atoms with Crippen molar-refractivity contribution in [3.63, 3.8) is 0 Å². The highest BCUT2D eigenvalue weighted by Gasteiger charge is 2.17. The first-order valence-electron chi connectivity index (χ1n) is 8.12. The first-order valence-corrected chi connectivity index (χ1v) is 8.12. The van der Waals surface area contributed by atoms with Gasteiger partial charge in [-0.1, -0.05) is 0 Å². The van der Waals surface area contributed by atoms with E-state index in [1.165, 1.54) is 4.90 Å². The van der Waals surface area contributed by atoms with Crippen LogP contribution < -0.4 is 4.74 Å². The van der Waals surface area contributed by atoms with Crippen LogP contribution in [0, 0.1) is 22.7 Å². The van der Waals surface area contributed by atoms with Gasteiger partial charge in [-0.15, -0.1) is 0 Å². The zero-order chi connectivity index (χ0) is 17.2. The first kappa shape index (κ1) is 17.8. The molecule has 0 N–H and O–H groups in total. The summed E-state index contributed by atoms with van der Waals surface area (Å²) in [5.74, 6) is 0.522. The molecule has 1 aliphatic heterocycles. The Morgan fingerprint density at radius 1 is 1.21 bits per heavy atom. The fraction of sp³-hybridized carbons (Fsp3) is 0.500. The van der Waals surface area contributed by atoms with Crippen LogP contribution in [0.4, 0.5) is 0 Å². The van der Waals surface area contributed by atoms with E-state index in [2.05, 4.69) is 0 Å². The van der Waals surface area contributed by atoms with Crippen LogP contribution in [0.5, 0.6) is 5.75 Å². The Labute approximate surface area is 142 Å². The number of hydrogen-bond donors (Lipinski definition) is 0. The summed E-state index contributed by atoms with van der Waals surface area (Å²) < 4.78 is 11.2. The monoisotopic (exact) mass is 327 g/mol. The maximum atomic E-state index is 12.5. The summed E-state index contributed by atoms with van der Waals surface area (Å²) in [6.07, 6.45) is 2.74. The molecule has 1 atom stereocenters. The summed E-state index contributed by atoms with van der Waals surface area (Å²) in [6.45, 7) is 1.97. The first-order chi connectivity index (χ1) is 11.7. The molecule has 1 unspecified atom stereocenters. The largest absolute Gasteiger partial charge is 0.491 e. The highest BCUT2D eigenvalue weighted by Crippen LogP contribution is 2.17. The van der Waals surface area contributed by atoms with Gasteiger partial charge in [0.2, 0.25) is 0 Å². The lowest BCUT2D eigenvalue weighted by molar-refractivity contribution is 0.0678. The molecule has 1 heterocycles. The van der Waals surface area contributed by atoms with Gasteiger partial charge in [0.05, 0.1) is 31.1 Å². The lowest BCUT2D eigenvalue weighted by atomic mass is 10.1. The molecule has 1 aliphatic rings. The van der Waals surface area contributed by atoms with Crippen LogP contribution >= 0.6 is 0 Å². The van der Waals surface area contributed by atoms with Gasteiger partial charge in [-0.3, -0.25) is 4.79 Å². The van der Waals surface area contributed by atoms with Crippen LogP contribution in [0.3, 0.4) is 0 Å². The van der Waals surface area contributed by atoms with E-state index < -0.39 is 0 Å². The molecule has 24 heavy (non-hydrogen) atoms. The van der Waals surface area contributed by atoms with Gasteiger partial charge in [0, 0.05) is 25.3 Å². The third-order valence-corrected chi connectivity index (χ3v) is 3.84. The average Bonchev–Trinajstić information content (AvgIpc) is 3.13. The number of carbonyl (C=O) groups is 1. The van der Waals surface area contributed by atoms with Crippen molar-refractivity contribution in [1.82, 2.24) is 4.90 Å². The summed E-state index contributed by atoms with van der Waals surface area (Å²) in [4.78, 5) is 14.0. The summed E-state index contributed by atoms with van der Waals surface area (Å²) in [7, 11) is 0. The summed E-state index contributed by atoms with van der Waals surface area (Å²) in [6, 6.07) is 11.0. The molecule has 6 nitrogen and oxygen atoms in total. The van der Waals surface area contributed by atoms with E-state index in [1.54, 1.807) is 24.3 Å². The smallest absolute Gasteiger partial charge is 0.253 e. The van der Waals surface area contributed by atoms with E-state index in [0.717, 1.165) is 19.4 Å². The average molecular weight is 327 g/mol. The molecule has 0 radical (unpaired) electrons. The maximum absolute atomic E-state index is 12.5. The quantitative estimate of drug-likeness (QED) is 0.732. The van der Waals surface area contributed by atoms with Gasteiger partial charge in [0.15, 0.2) is 0 Å². The number of benzene rings is 1. The fourth-order valence-corrected chi connectivity index (χ4v) is 2.53. The highest BCUT2D eigenvalue weighted by molar-refractivity contribution is 5.94. The number of rotatable bonds is 8. The molecule has 0 saturated carbocycles. The van der Waals surface area contributed by atoms with Crippen molar-refractivity contribution >= 4 is 5.91 Å². The molecule has 1 aromatic carbocycles. The molecular weight excluding hydrogens is 306 g/mol. The van der Waals surface area contributed by atoms with Gasteiger partial charge in [-0.2, -0.15) is 10.5 Å². The second-order valence-electron chi connectivity index (χ2n) is 5.58. The van der Waals surface area contributed by atoms with E-state index in [0.29, 0.717) is 31.0 Å². The van der Waals surface area contributed by atoms with Crippen molar-refractivity contribution in [2.24, 2.45) is 0 Å². The standard InChI is InChI=1S/C18H21N3O3/c19-9-2-11-21(12-3-10-20)18(22)15-5-7-16(8-6-15)24-14-17-4-1-13-23-17/h5-8,17H,1-4,11-14H2. The fourth-order valence-electron chi connectivity index (χ4n) is 2.53. The molecule has 0 aromatic heterocycles. The molecule has 1 amide bonds. The van der Waals surface area contributed by atoms with E-state index in [4.69, 9.17) is 20.0 Å². The second-order valence-corrected chi connectivity index (χ2v) is 5.58. The Bertz CT molecular complexity index is 592. The predicted octanol–water partition coefficient (Wildman–Crippen LogP) is 2.51. The van der Waals surface area contributed by atoms with Crippen LogP contribution in [0.2, 0.25) is 0 Å². The molecule has 0 bridgehead atoms. The van der Waals surface area contributed by atoms with Crippen LogP contribution in [0.15, 0.2) is 24.3 Å². The lowest BCUT2D eigenvalue weighted by Crippen LogP contribution is -2.32. The summed E-state index contributed by atoms with van der Waals surface area (Å²) >= 11 is 0. The van der Waals surface area contributed by atoms with Crippen molar-refractivity contribution in [3.05, 3.63) is 29.8 Å². The van der Waals surface area contributed by atoms with Crippen molar-refractivity contribution in [2.45, 2.75) is 31.8 Å². The van der Waals surface area contributed by atoms with Crippen LogP contribution in [-0.4, -0.2) is 43.2 Å². The predicted molar refractivity (Wildman–Crippen MR) is 87.3 cm³/mol. The summed E-state index contributed by atoms with van der Waals surface area (Å²) in [5.41, 5.74) is 0.523. The van der Waals surface area contributed by atoms with Crippen LogP contribution in [-0.2, 0) is 4.74 Å². The van der Waals surface area contributed by atoms with E-state index in [1.807, 2.05) is 12.1 Å². The van der Waals surface area contributed by atoms with Crippen LogP contribution in [0.25, 0.3) is 0 Å². The van der Waals surface area contributed by atoms with Gasteiger partial charge in [0.25, 0.3) is 5.91 Å². The lowest BCUT2D eigenvalue weighted by Gasteiger charge is -2.20. The molecule has 6 heteroatoms. The van der Waals surface area contributed by atoms with Crippen molar-refractivity contribution in [3.8, 4) is 17.9 Å². The Kier molecular flexibility index (Phi) is 7.07. The highest BCUT2D eigenvalue weighted by atomic mass is 16.5. The van der Waals surface area contributed by atoms with Crippen molar-refractivity contribution in [1.29, 1.82) is 10.5 Å². The van der Waals surface area contributed by atoms with Crippen molar-refractivity contribution in [2.75, 3.05) is 26.3 Å². The summed E-state index contributed by atoms with van der Waals surface area (Å²) in [5, 5.41) is 17.4. The maximum Gasteiger partial charge on any atom is 0.253 e. The normalized spacial score (nSPS) is 16.2. The van der Waals surface area contributed by atoms with Gasteiger partial charge >= 0.3 is 0 Å². The number of carbonyl (C=O) groups excluding carboxylic acids is 1. The molecule has 0 spiro atoms. The minimum Gasteiger partial charge on any atom is -0.491 e. The Hall–Kier alpha value is -2.57. The number of ether oxygens (including phenoxy) is 2. The molecule has 0 aliphatic carbocycles. The zero-order valence-corrected chi connectivity index (χ0v) is 13.6. The van der Waals surface area contributed by atoms with Crippen molar-refractivity contribution < 1.29 is 14.3 Å². The third-order valence-electron chi connectivity index (χ3n) is 3.84. The zero-order valence-electron chi connectivity index (χ0n) is 13.6. The van der Waals surface area contributed by atoms with E-state index >= 15 is 0 Å². The van der Waals surface area contributed by atoms with Crippen LogP contribution in [0.1, 0.15) is 36.0 Å². The Balaban J connectivity index is 1.92. The SMILES string of the molecule is N#CCCN(CCC#N)C(=O)c1ccc(OCC2CCCO2)cc1. The topological polar surface area (TPSA) is 86.4 Å². The minimum atomic E-state index is -0.175. The number of amides is 1. The molecule has 1 fully saturated rings. The van der Waals surface area contributed by atoms with Gasteiger partial charge in [0.1, 0.15) is 12.4 Å². The van der Waals surface area contributed by atoms with Gasteiger partial charge in [-0.25, -0.2) is 0 Å². The number of hydrogen-bond acceptors (Lipinski definition) is 5. The number of nitrogens with zero attached hydrogens (tertiary/aromatic N) is 3. The minimum absolute atomic E-state index is 0.152.